The summed E-state index contributed by atoms with van der Waals surface area (Å²) in [4.78, 5) is 17.0. The van der Waals surface area contributed by atoms with Gasteiger partial charge in [-0.05, 0) is 42.8 Å². The molecule has 8 nitrogen and oxygen atoms in total. The number of pyridine rings is 1. The van der Waals surface area contributed by atoms with Crippen molar-refractivity contribution in [2.24, 2.45) is 0 Å². The fourth-order valence-electron chi connectivity index (χ4n) is 3.08. The van der Waals surface area contributed by atoms with Gasteiger partial charge in [0.15, 0.2) is 0 Å². The molecule has 10 heteroatoms. The van der Waals surface area contributed by atoms with Gasteiger partial charge < -0.3 is 14.5 Å². The molecule has 1 amide bonds. The zero-order valence-electron chi connectivity index (χ0n) is 15.6. The smallest absolute Gasteiger partial charge is 0.275 e. The Morgan fingerprint density at radius 3 is 2.72 bits per heavy atom. The van der Waals surface area contributed by atoms with E-state index in [2.05, 4.69) is 10.3 Å². The molecule has 0 unspecified atom stereocenters. The maximum Gasteiger partial charge on any atom is 0.275 e. The molecule has 3 aromatic rings. The zero-order chi connectivity index (χ0) is 20.6. The molecule has 1 aliphatic heterocycles. The van der Waals surface area contributed by atoms with Crippen molar-refractivity contribution in [3.63, 3.8) is 0 Å². The van der Waals surface area contributed by atoms with Crippen LogP contribution >= 0.6 is 11.6 Å². The van der Waals surface area contributed by atoms with E-state index < -0.39 is 15.9 Å². The monoisotopic (exact) mass is 434 g/mol. The number of nitrogens with one attached hydrogen (secondary N) is 1. The van der Waals surface area contributed by atoms with Crippen LogP contribution in [0.2, 0.25) is 5.02 Å². The molecule has 0 radical (unpaired) electrons. The van der Waals surface area contributed by atoms with Crippen LogP contribution in [0, 0.1) is 6.92 Å². The fraction of sp³-hybridized carbons (Fsp3) is 0.263. The number of aromatic nitrogens is 2. The lowest BCUT2D eigenvalue weighted by Gasteiger charge is -2.26. The van der Waals surface area contributed by atoms with Crippen molar-refractivity contribution in [1.82, 2.24) is 13.7 Å². The highest BCUT2D eigenvalue weighted by Gasteiger charge is 2.27. The Kier molecular flexibility index (Phi) is 5.30. The molecular weight excluding hydrogens is 416 g/mol. The van der Waals surface area contributed by atoms with Crippen molar-refractivity contribution < 1.29 is 17.9 Å². The predicted octanol–water partition coefficient (Wildman–Crippen LogP) is 2.57. The minimum Gasteiger partial charge on any atom is -0.379 e. The maximum atomic E-state index is 12.9. The summed E-state index contributed by atoms with van der Waals surface area (Å²) in [5.41, 5.74) is 2.08. The highest BCUT2D eigenvalue weighted by atomic mass is 35.5. The Bertz CT molecular complexity index is 1190. The highest BCUT2D eigenvalue weighted by molar-refractivity contribution is 7.89. The quantitative estimate of drug-likeness (QED) is 0.681. The first-order valence-electron chi connectivity index (χ1n) is 8.99. The number of rotatable bonds is 4. The number of fused-ring (bicyclic) bond motifs is 1. The lowest BCUT2D eigenvalue weighted by Crippen LogP contribution is -2.40. The number of nitrogens with zero attached hydrogens (tertiary/aromatic N) is 3. The third-order valence-corrected chi connectivity index (χ3v) is 6.87. The normalized spacial score (nSPS) is 15.5. The molecule has 1 N–H and O–H groups in total. The molecule has 29 heavy (non-hydrogen) atoms. The number of halogens is 1. The lowest BCUT2D eigenvalue weighted by molar-refractivity contribution is 0.0730. The second-order valence-electron chi connectivity index (χ2n) is 6.71. The topological polar surface area (TPSA) is 93.0 Å². The van der Waals surface area contributed by atoms with Gasteiger partial charge in [0.2, 0.25) is 10.0 Å². The average molecular weight is 435 g/mol. The number of imidazole rings is 1. The number of carbonyl (C=O) groups excluding carboxylic acids is 1. The lowest BCUT2D eigenvalue weighted by atomic mass is 10.3. The number of amides is 1. The van der Waals surface area contributed by atoms with Crippen molar-refractivity contribution in [1.29, 1.82) is 0 Å². The first-order valence-corrected chi connectivity index (χ1v) is 10.8. The van der Waals surface area contributed by atoms with Gasteiger partial charge in [-0.1, -0.05) is 11.6 Å². The van der Waals surface area contributed by atoms with Gasteiger partial charge in [0, 0.05) is 25.5 Å². The molecule has 3 heterocycles. The van der Waals surface area contributed by atoms with Gasteiger partial charge in [0.1, 0.15) is 11.3 Å². The Morgan fingerprint density at radius 1 is 1.21 bits per heavy atom. The molecule has 1 aromatic carbocycles. The molecule has 0 bridgehead atoms. The molecular formula is C19H19ClN4O4S. The number of carbonyl (C=O) groups is 1. The van der Waals surface area contributed by atoms with E-state index in [1.54, 1.807) is 10.6 Å². The van der Waals surface area contributed by atoms with Gasteiger partial charge in [0.25, 0.3) is 5.91 Å². The van der Waals surface area contributed by atoms with Gasteiger partial charge in [-0.15, -0.1) is 0 Å². The van der Waals surface area contributed by atoms with E-state index in [-0.39, 0.29) is 34.4 Å². The zero-order valence-corrected chi connectivity index (χ0v) is 17.2. The maximum absolute atomic E-state index is 12.9. The first kappa shape index (κ1) is 19.8. The molecule has 0 saturated carbocycles. The average Bonchev–Trinajstić information content (AvgIpc) is 3.13. The van der Waals surface area contributed by atoms with Crippen LogP contribution in [-0.2, 0) is 14.8 Å². The van der Waals surface area contributed by atoms with E-state index in [0.717, 1.165) is 5.56 Å². The summed E-state index contributed by atoms with van der Waals surface area (Å²) in [7, 11) is -3.70. The van der Waals surface area contributed by atoms with Crippen LogP contribution in [0.3, 0.4) is 0 Å². The number of ether oxygens (including phenoxy) is 1. The summed E-state index contributed by atoms with van der Waals surface area (Å²) < 4.78 is 34.0. The number of hydrogen-bond acceptors (Lipinski definition) is 5. The summed E-state index contributed by atoms with van der Waals surface area (Å²) in [5, 5.41) is 2.90. The van der Waals surface area contributed by atoms with Crippen LogP contribution in [0.5, 0.6) is 0 Å². The van der Waals surface area contributed by atoms with Crippen molar-refractivity contribution in [3.05, 3.63) is 59.0 Å². The van der Waals surface area contributed by atoms with E-state index >= 15 is 0 Å². The fourth-order valence-corrected chi connectivity index (χ4v) is 4.68. The summed E-state index contributed by atoms with van der Waals surface area (Å²) in [5.74, 6) is -0.478. The minimum absolute atomic E-state index is 0.0599. The molecule has 1 aliphatic rings. The van der Waals surface area contributed by atoms with Gasteiger partial charge >= 0.3 is 0 Å². The first-order chi connectivity index (χ1) is 13.8. The molecule has 1 fully saturated rings. The molecule has 1 saturated heterocycles. The second-order valence-corrected chi connectivity index (χ2v) is 9.05. The molecule has 0 spiro atoms. The van der Waals surface area contributed by atoms with Crippen molar-refractivity contribution in [2.45, 2.75) is 11.8 Å². The minimum atomic E-state index is -3.70. The summed E-state index contributed by atoms with van der Waals surface area (Å²) in [6.45, 7) is 3.21. The van der Waals surface area contributed by atoms with Crippen molar-refractivity contribution in [2.75, 3.05) is 31.6 Å². The van der Waals surface area contributed by atoms with Crippen LogP contribution in [0.15, 0.2) is 47.6 Å². The molecule has 0 atom stereocenters. The molecule has 2 aromatic heterocycles. The summed E-state index contributed by atoms with van der Waals surface area (Å²) >= 11 is 6.19. The SMILES string of the molecule is Cc1ccn2cc(C(=O)Nc3cc(S(=O)(=O)N4CCOCC4)ccc3Cl)nc2c1. The van der Waals surface area contributed by atoms with Crippen LogP contribution < -0.4 is 5.32 Å². The Balaban J connectivity index is 1.61. The van der Waals surface area contributed by atoms with E-state index in [9.17, 15) is 13.2 Å². The molecule has 0 aliphatic carbocycles. The van der Waals surface area contributed by atoms with Crippen LogP contribution in [-0.4, -0.2) is 54.3 Å². The number of benzene rings is 1. The largest absolute Gasteiger partial charge is 0.379 e. The van der Waals surface area contributed by atoms with Crippen molar-refractivity contribution >= 4 is 38.9 Å². The van der Waals surface area contributed by atoms with E-state index in [4.69, 9.17) is 16.3 Å². The third-order valence-electron chi connectivity index (χ3n) is 4.64. The van der Waals surface area contributed by atoms with Gasteiger partial charge in [-0.25, -0.2) is 13.4 Å². The van der Waals surface area contributed by atoms with Crippen LogP contribution in [0.1, 0.15) is 16.1 Å². The third kappa shape index (κ3) is 3.99. The molecule has 152 valence electrons. The number of aryl methyl sites for hydroxylation is 1. The highest BCUT2D eigenvalue weighted by Crippen LogP contribution is 2.28. The van der Waals surface area contributed by atoms with E-state index in [0.29, 0.717) is 18.9 Å². The second kappa shape index (κ2) is 7.75. The number of hydrogen-bond donors (Lipinski definition) is 1. The van der Waals surface area contributed by atoms with Gasteiger partial charge in [-0.2, -0.15) is 4.31 Å². The van der Waals surface area contributed by atoms with E-state index in [1.165, 1.54) is 22.5 Å². The van der Waals surface area contributed by atoms with Gasteiger partial charge in [0.05, 0.1) is 28.8 Å². The Morgan fingerprint density at radius 2 is 1.97 bits per heavy atom. The van der Waals surface area contributed by atoms with Crippen LogP contribution in [0.4, 0.5) is 5.69 Å². The van der Waals surface area contributed by atoms with E-state index in [1.807, 2.05) is 25.3 Å². The number of sulfonamides is 1. The van der Waals surface area contributed by atoms with Crippen molar-refractivity contribution in [3.8, 4) is 0 Å². The Labute approximate surface area is 173 Å². The number of morpholine rings is 1. The summed E-state index contributed by atoms with van der Waals surface area (Å²) in [6.07, 6.45) is 3.42. The standard InChI is InChI=1S/C19H19ClN4O4S/c1-13-4-5-23-12-17(21-18(23)10-13)19(25)22-16-11-14(2-3-15(16)20)29(26,27)24-6-8-28-9-7-24/h2-5,10-12H,6-9H2,1H3,(H,22,25). The number of anilines is 1. The summed E-state index contributed by atoms with van der Waals surface area (Å²) in [6, 6.07) is 8.02. The predicted molar refractivity (Wildman–Crippen MR) is 109 cm³/mol. The Hall–Kier alpha value is -2.46. The van der Waals surface area contributed by atoms with Gasteiger partial charge in [-0.3, -0.25) is 4.79 Å². The van der Waals surface area contributed by atoms with Crippen LogP contribution in [0.25, 0.3) is 5.65 Å². The molecule has 4 rings (SSSR count).